The van der Waals surface area contributed by atoms with Gasteiger partial charge in [-0.3, -0.25) is 9.59 Å². The smallest absolute Gasteiger partial charge is 0.311 e. The van der Waals surface area contributed by atoms with Crippen molar-refractivity contribution in [2.45, 2.75) is 77.4 Å². The number of rotatable bonds is 15. The van der Waals surface area contributed by atoms with Crippen molar-refractivity contribution in [3.05, 3.63) is 108 Å². The van der Waals surface area contributed by atoms with Gasteiger partial charge in [0.05, 0.1) is 12.2 Å². The van der Waals surface area contributed by atoms with Crippen molar-refractivity contribution in [1.82, 2.24) is 0 Å². The minimum absolute atomic E-state index is 0.218. The molecule has 2 unspecified atom stereocenters. The Bertz CT molecular complexity index is 1340. The van der Waals surface area contributed by atoms with Gasteiger partial charge in [0.25, 0.3) is 0 Å². The molecule has 4 rings (SSSR count). The number of carbonyl (C=O) groups excluding carboxylic acids is 2. The van der Waals surface area contributed by atoms with Gasteiger partial charge >= 0.3 is 11.9 Å². The van der Waals surface area contributed by atoms with Crippen LogP contribution >= 0.6 is 0 Å². The lowest BCUT2D eigenvalue weighted by atomic mass is 10.0. The summed E-state index contributed by atoms with van der Waals surface area (Å²) in [6, 6.07) is 31.3. The van der Waals surface area contributed by atoms with Crippen molar-refractivity contribution < 1.29 is 29.3 Å². The van der Waals surface area contributed by atoms with Crippen molar-refractivity contribution >= 4 is 11.9 Å². The summed E-state index contributed by atoms with van der Waals surface area (Å²) in [5, 5.41) is 18.9. The molecule has 2 atom stereocenters. The van der Waals surface area contributed by atoms with Gasteiger partial charge in [-0.2, -0.15) is 0 Å². The Balaban J connectivity index is 1.14. The number of carbonyl (C=O) groups is 2. The number of aliphatic hydroxyl groups excluding tert-OH is 2. The molecule has 4 aromatic carbocycles. The quantitative estimate of drug-likeness (QED) is 0.0832. The van der Waals surface area contributed by atoms with Crippen molar-refractivity contribution in [2.75, 3.05) is 0 Å². The van der Waals surface area contributed by atoms with Gasteiger partial charge in [0.1, 0.15) is 11.5 Å². The van der Waals surface area contributed by atoms with Gasteiger partial charge in [0.15, 0.2) is 0 Å². The van der Waals surface area contributed by atoms with Gasteiger partial charge in [0.2, 0.25) is 0 Å². The molecule has 0 fully saturated rings. The molecule has 0 bridgehead atoms. The summed E-state index contributed by atoms with van der Waals surface area (Å²) in [6.45, 7) is 3.59. The summed E-state index contributed by atoms with van der Waals surface area (Å²) >= 11 is 0. The molecule has 0 heterocycles. The molecule has 0 aromatic heterocycles. The Morgan fingerprint density at radius 2 is 0.818 bits per heavy atom. The van der Waals surface area contributed by atoms with E-state index in [1.165, 1.54) is 11.1 Å². The third-order valence-corrected chi connectivity index (χ3v) is 7.46. The van der Waals surface area contributed by atoms with Gasteiger partial charge in [-0.1, -0.05) is 72.8 Å². The van der Waals surface area contributed by atoms with Crippen LogP contribution in [-0.4, -0.2) is 34.4 Å². The molecule has 230 valence electrons. The third-order valence-electron chi connectivity index (χ3n) is 7.46. The Morgan fingerprint density at radius 3 is 1.11 bits per heavy atom. The summed E-state index contributed by atoms with van der Waals surface area (Å²) in [5.41, 5.74) is 6.57. The zero-order chi connectivity index (χ0) is 31.3. The summed E-state index contributed by atoms with van der Waals surface area (Å²) in [4.78, 5) is 24.6. The summed E-state index contributed by atoms with van der Waals surface area (Å²) in [6.07, 6.45) is 4.03. The average Bonchev–Trinajstić information content (AvgIpc) is 3.02. The number of esters is 2. The summed E-state index contributed by atoms with van der Waals surface area (Å²) < 4.78 is 10.9. The van der Waals surface area contributed by atoms with Gasteiger partial charge in [-0.25, -0.2) is 0 Å². The zero-order valence-electron chi connectivity index (χ0n) is 25.6. The molecule has 0 saturated heterocycles. The lowest BCUT2D eigenvalue weighted by Crippen LogP contribution is -2.10. The molecular formula is C38H42O6. The lowest BCUT2D eigenvalue weighted by Gasteiger charge is -2.08. The number of aliphatic hydroxyl groups is 2. The molecule has 6 heteroatoms. The fourth-order valence-electron chi connectivity index (χ4n) is 4.81. The number of hydrogen-bond acceptors (Lipinski definition) is 6. The maximum Gasteiger partial charge on any atom is 0.311 e. The van der Waals surface area contributed by atoms with Crippen molar-refractivity contribution in [3.63, 3.8) is 0 Å². The largest absolute Gasteiger partial charge is 0.427 e. The van der Waals surface area contributed by atoms with Gasteiger partial charge < -0.3 is 19.7 Å². The lowest BCUT2D eigenvalue weighted by molar-refractivity contribution is -0.136. The van der Waals surface area contributed by atoms with Crippen LogP contribution in [0.3, 0.4) is 0 Å². The summed E-state index contributed by atoms with van der Waals surface area (Å²) in [5.74, 6) is 0.310. The highest BCUT2D eigenvalue weighted by Gasteiger charge is 2.10. The molecular weight excluding hydrogens is 552 g/mol. The van der Waals surface area contributed by atoms with Crippen LogP contribution in [0.5, 0.6) is 11.5 Å². The van der Waals surface area contributed by atoms with E-state index in [4.69, 9.17) is 9.47 Å². The molecule has 0 radical (unpaired) electrons. The fraction of sp³-hybridized carbons (Fsp3) is 0.316. The van der Waals surface area contributed by atoms with Crippen LogP contribution in [0.2, 0.25) is 0 Å². The number of ether oxygens (including phenoxy) is 2. The van der Waals surface area contributed by atoms with Crippen LogP contribution in [-0.2, 0) is 22.4 Å². The number of hydrogen-bond donors (Lipinski definition) is 2. The molecule has 0 aliphatic carbocycles. The second-order valence-corrected chi connectivity index (χ2v) is 11.4. The van der Waals surface area contributed by atoms with E-state index in [0.717, 1.165) is 47.9 Å². The normalized spacial score (nSPS) is 12.4. The van der Waals surface area contributed by atoms with Crippen LogP contribution in [0, 0.1) is 0 Å². The maximum absolute atomic E-state index is 12.3. The number of benzene rings is 4. The average molecular weight is 595 g/mol. The predicted octanol–water partition coefficient (Wildman–Crippen LogP) is 7.72. The van der Waals surface area contributed by atoms with Crippen molar-refractivity contribution in [1.29, 1.82) is 0 Å². The van der Waals surface area contributed by atoms with E-state index >= 15 is 0 Å². The van der Waals surface area contributed by atoms with E-state index in [1.807, 2.05) is 24.3 Å². The van der Waals surface area contributed by atoms with Gasteiger partial charge in [-0.05, 0) is 110 Å². The van der Waals surface area contributed by atoms with Crippen molar-refractivity contribution in [2.24, 2.45) is 0 Å². The number of unbranched alkanes of at least 4 members (excludes halogenated alkanes) is 1. The SMILES string of the molecule is CC(O)CCc1ccc(-c2ccc(OC(=O)CCCCC(=O)Oc3ccc(-c4ccc(CCC(C)O)cc4)cc3)cc2)cc1. The first-order valence-corrected chi connectivity index (χ1v) is 15.4. The zero-order valence-corrected chi connectivity index (χ0v) is 25.6. The molecule has 6 nitrogen and oxygen atoms in total. The molecule has 0 spiro atoms. The highest BCUT2D eigenvalue weighted by molar-refractivity contribution is 5.74. The van der Waals surface area contributed by atoms with E-state index in [-0.39, 0.29) is 37.0 Å². The Hall–Kier alpha value is -4.26. The topological polar surface area (TPSA) is 93.1 Å². The van der Waals surface area contributed by atoms with E-state index < -0.39 is 0 Å². The Morgan fingerprint density at radius 1 is 0.523 bits per heavy atom. The molecule has 4 aromatic rings. The first-order valence-electron chi connectivity index (χ1n) is 15.4. The van der Waals surface area contributed by atoms with E-state index in [9.17, 15) is 19.8 Å². The molecule has 0 saturated carbocycles. The fourth-order valence-corrected chi connectivity index (χ4v) is 4.81. The molecule has 44 heavy (non-hydrogen) atoms. The second kappa shape index (κ2) is 16.6. The van der Waals surface area contributed by atoms with Crippen molar-refractivity contribution in [3.8, 4) is 33.8 Å². The standard InChI is InChI=1S/C38H42O6/c1-27(39)7-9-29-11-15-31(16-12-29)33-19-23-35(24-20-33)43-37(41)5-3-4-6-38(42)44-36-25-21-34(22-26-36)32-17-13-30(14-18-32)10-8-28(2)40/h11-28,39-40H,3-10H2,1-2H3. The Kier molecular flexibility index (Phi) is 12.3. The van der Waals surface area contributed by atoms with Crippen LogP contribution < -0.4 is 9.47 Å². The van der Waals surface area contributed by atoms with Gasteiger partial charge in [0, 0.05) is 12.8 Å². The van der Waals surface area contributed by atoms with Crippen LogP contribution in [0.15, 0.2) is 97.1 Å². The maximum atomic E-state index is 12.3. The van der Waals surface area contributed by atoms with Crippen LogP contribution in [0.25, 0.3) is 22.3 Å². The monoisotopic (exact) mass is 594 g/mol. The molecule has 0 amide bonds. The minimum Gasteiger partial charge on any atom is -0.427 e. The van der Waals surface area contributed by atoms with Crippen LogP contribution in [0.4, 0.5) is 0 Å². The highest BCUT2D eigenvalue weighted by Crippen LogP contribution is 2.25. The minimum atomic E-state index is -0.333. The third kappa shape index (κ3) is 10.8. The first kappa shape index (κ1) is 32.6. The second-order valence-electron chi connectivity index (χ2n) is 11.4. The predicted molar refractivity (Wildman–Crippen MR) is 173 cm³/mol. The van der Waals surface area contributed by atoms with Gasteiger partial charge in [-0.15, -0.1) is 0 Å². The summed E-state index contributed by atoms with van der Waals surface area (Å²) in [7, 11) is 0. The first-order chi connectivity index (χ1) is 21.2. The molecule has 0 aliphatic rings. The van der Waals surface area contributed by atoms with E-state index in [1.54, 1.807) is 38.1 Å². The van der Waals surface area contributed by atoms with E-state index in [0.29, 0.717) is 24.3 Å². The Labute approximate surface area is 260 Å². The highest BCUT2D eigenvalue weighted by atomic mass is 16.5. The van der Waals surface area contributed by atoms with Crippen LogP contribution in [0.1, 0.15) is 63.5 Å². The molecule has 0 aliphatic heterocycles. The number of aryl methyl sites for hydroxylation is 2. The van der Waals surface area contributed by atoms with E-state index in [2.05, 4.69) is 48.5 Å². The molecule has 2 N–H and O–H groups in total.